The summed E-state index contributed by atoms with van der Waals surface area (Å²) in [7, 11) is 0. The van der Waals surface area contributed by atoms with Gasteiger partial charge in [0.05, 0.1) is 15.9 Å². The molecule has 4 amide bonds. The Balaban J connectivity index is 1.31. The maximum atomic E-state index is 13.4. The lowest BCUT2D eigenvalue weighted by atomic mass is 10.1. The fraction of sp³-hybridized carbons (Fsp3) is 0.0909. The lowest BCUT2D eigenvalue weighted by Crippen LogP contribution is -2.31. The van der Waals surface area contributed by atoms with E-state index in [4.69, 9.17) is 0 Å². The smallest absolute Gasteiger partial charge is 0.272 e. The molecule has 4 aromatic carbocycles. The van der Waals surface area contributed by atoms with E-state index in [2.05, 4.69) is 10.6 Å². The number of hydrogen-bond donors (Lipinski definition) is 2. The quantitative estimate of drug-likeness (QED) is 0.107. The standard InChI is InChI=1S/C33H26N4O6S/c1-21-7-5-8-22(17-21)18-28(35-31(39)23-9-3-2-4-10-23)32(40)34-24-11-6-12-27(19-24)44-29-20-30(38)36(33(29)41)25-13-15-26(16-14-25)37(42)43/h2-19,29H,20H2,1H3,(H,34,40)(H,35,39). The molecule has 220 valence electrons. The first-order valence-corrected chi connectivity index (χ1v) is 14.4. The zero-order valence-corrected chi connectivity index (χ0v) is 24.2. The van der Waals surface area contributed by atoms with Gasteiger partial charge in [0.1, 0.15) is 5.70 Å². The zero-order chi connectivity index (χ0) is 31.2. The third-order valence-corrected chi connectivity index (χ3v) is 7.86. The summed E-state index contributed by atoms with van der Waals surface area (Å²) in [4.78, 5) is 64.3. The molecular formula is C33H26N4O6S. The average Bonchev–Trinajstić information content (AvgIpc) is 3.29. The maximum absolute atomic E-state index is 13.4. The first-order chi connectivity index (χ1) is 21.2. The molecule has 10 nitrogen and oxygen atoms in total. The fourth-order valence-corrected chi connectivity index (χ4v) is 5.68. The number of non-ortho nitro benzene ring substituents is 1. The lowest BCUT2D eigenvalue weighted by Gasteiger charge is -2.15. The first-order valence-electron chi connectivity index (χ1n) is 13.5. The van der Waals surface area contributed by atoms with E-state index in [1.165, 1.54) is 36.0 Å². The van der Waals surface area contributed by atoms with Gasteiger partial charge in [0, 0.05) is 34.7 Å². The number of nitrogens with zero attached hydrogens (tertiary/aromatic N) is 2. The first kappa shape index (κ1) is 29.9. The van der Waals surface area contributed by atoms with Gasteiger partial charge in [0.25, 0.3) is 17.5 Å². The molecule has 0 aromatic heterocycles. The van der Waals surface area contributed by atoms with Crippen molar-refractivity contribution < 1.29 is 24.1 Å². The second kappa shape index (κ2) is 13.2. The Kier molecular flexibility index (Phi) is 8.96. The molecule has 5 rings (SSSR count). The van der Waals surface area contributed by atoms with Gasteiger partial charge in [-0.15, -0.1) is 11.8 Å². The van der Waals surface area contributed by atoms with Crippen LogP contribution in [0.25, 0.3) is 6.08 Å². The Hall–Kier alpha value is -5.55. The molecule has 4 aromatic rings. The third-order valence-electron chi connectivity index (χ3n) is 6.68. The van der Waals surface area contributed by atoms with Crippen LogP contribution in [0.4, 0.5) is 17.1 Å². The third kappa shape index (κ3) is 7.08. The largest absolute Gasteiger partial charge is 0.321 e. The van der Waals surface area contributed by atoms with Crippen LogP contribution in [0.5, 0.6) is 0 Å². The van der Waals surface area contributed by atoms with E-state index in [1.54, 1.807) is 60.7 Å². The number of nitro benzene ring substituents is 1. The molecule has 0 saturated carbocycles. The predicted octanol–water partition coefficient (Wildman–Crippen LogP) is 5.74. The second-order valence-corrected chi connectivity index (χ2v) is 11.2. The van der Waals surface area contributed by atoms with Crippen molar-refractivity contribution in [2.24, 2.45) is 0 Å². The SMILES string of the molecule is Cc1cccc(C=C(NC(=O)c2ccccc2)C(=O)Nc2cccc(SC3CC(=O)N(c4ccc([N+](=O)[O-])cc4)C3=O)c2)c1. The molecule has 0 spiro atoms. The van der Waals surface area contributed by atoms with Crippen LogP contribution < -0.4 is 15.5 Å². The molecule has 1 unspecified atom stereocenters. The molecule has 44 heavy (non-hydrogen) atoms. The zero-order valence-electron chi connectivity index (χ0n) is 23.4. The van der Waals surface area contributed by atoms with Crippen LogP contribution in [-0.4, -0.2) is 33.8 Å². The van der Waals surface area contributed by atoms with Crippen molar-refractivity contribution in [1.82, 2.24) is 5.32 Å². The monoisotopic (exact) mass is 606 g/mol. The molecule has 1 aliphatic heterocycles. The van der Waals surface area contributed by atoms with Gasteiger partial charge in [-0.1, -0.05) is 54.1 Å². The van der Waals surface area contributed by atoms with E-state index < -0.39 is 33.8 Å². The minimum atomic E-state index is -0.717. The van der Waals surface area contributed by atoms with E-state index in [9.17, 15) is 29.3 Å². The van der Waals surface area contributed by atoms with E-state index >= 15 is 0 Å². The molecule has 1 saturated heterocycles. The molecule has 2 N–H and O–H groups in total. The highest BCUT2D eigenvalue weighted by molar-refractivity contribution is 8.00. The van der Waals surface area contributed by atoms with Crippen molar-refractivity contribution in [3.8, 4) is 0 Å². The van der Waals surface area contributed by atoms with Gasteiger partial charge in [0.2, 0.25) is 11.8 Å². The topological polar surface area (TPSA) is 139 Å². The Morgan fingerprint density at radius 2 is 1.66 bits per heavy atom. The average molecular weight is 607 g/mol. The van der Waals surface area contributed by atoms with Crippen LogP contribution in [0.2, 0.25) is 0 Å². The number of carbonyl (C=O) groups excluding carboxylic acids is 4. The van der Waals surface area contributed by atoms with Crippen molar-refractivity contribution in [3.63, 3.8) is 0 Å². The van der Waals surface area contributed by atoms with Gasteiger partial charge < -0.3 is 10.6 Å². The summed E-state index contributed by atoms with van der Waals surface area (Å²) in [6, 6.07) is 28.1. The summed E-state index contributed by atoms with van der Waals surface area (Å²) in [5.74, 6) is -1.83. The second-order valence-electron chi connectivity index (χ2n) is 9.93. The Labute approximate surface area is 256 Å². The number of rotatable bonds is 9. The van der Waals surface area contributed by atoms with Crippen LogP contribution in [-0.2, 0) is 14.4 Å². The number of nitrogens with one attached hydrogen (secondary N) is 2. The molecule has 0 aliphatic carbocycles. The summed E-state index contributed by atoms with van der Waals surface area (Å²) < 4.78 is 0. The van der Waals surface area contributed by atoms with Gasteiger partial charge >= 0.3 is 0 Å². The van der Waals surface area contributed by atoms with Crippen LogP contribution in [0.3, 0.4) is 0 Å². The van der Waals surface area contributed by atoms with Gasteiger partial charge in [-0.05, 0) is 61.0 Å². The maximum Gasteiger partial charge on any atom is 0.272 e. The summed E-state index contributed by atoms with van der Waals surface area (Å²) in [6.45, 7) is 1.93. The summed E-state index contributed by atoms with van der Waals surface area (Å²) in [6.07, 6.45) is 1.54. The van der Waals surface area contributed by atoms with Crippen molar-refractivity contribution in [3.05, 3.63) is 136 Å². The summed E-state index contributed by atoms with van der Waals surface area (Å²) in [5, 5.41) is 15.8. The lowest BCUT2D eigenvalue weighted by molar-refractivity contribution is -0.384. The Morgan fingerprint density at radius 1 is 0.932 bits per heavy atom. The number of amides is 4. The van der Waals surface area contributed by atoms with Gasteiger partial charge in [-0.25, -0.2) is 4.90 Å². The number of hydrogen-bond acceptors (Lipinski definition) is 7. The van der Waals surface area contributed by atoms with Crippen molar-refractivity contribution in [2.75, 3.05) is 10.2 Å². The Morgan fingerprint density at radius 3 is 2.36 bits per heavy atom. The van der Waals surface area contributed by atoms with E-state index in [0.717, 1.165) is 16.0 Å². The minimum Gasteiger partial charge on any atom is -0.321 e. The van der Waals surface area contributed by atoms with E-state index in [-0.39, 0.29) is 23.5 Å². The van der Waals surface area contributed by atoms with Gasteiger partial charge in [-0.2, -0.15) is 0 Å². The molecule has 11 heteroatoms. The number of nitro groups is 1. The van der Waals surface area contributed by atoms with Crippen molar-refractivity contribution in [1.29, 1.82) is 0 Å². The number of carbonyl (C=O) groups is 4. The molecule has 1 fully saturated rings. The number of benzene rings is 4. The number of aryl methyl sites for hydroxylation is 1. The normalized spacial score (nSPS) is 14.8. The van der Waals surface area contributed by atoms with E-state index in [1.807, 2.05) is 31.2 Å². The number of thioether (sulfide) groups is 1. The van der Waals surface area contributed by atoms with Crippen LogP contribution in [0.15, 0.2) is 114 Å². The van der Waals surface area contributed by atoms with Crippen molar-refractivity contribution >= 4 is 58.5 Å². The van der Waals surface area contributed by atoms with Gasteiger partial charge in [0.15, 0.2) is 0 Å². The van der Waals surface area contributed by atoms with Crippen LogP contribution >= 0.6 is 11.8 Å². The van der Waals surface area contributed by atoms with Gasteiger partial charge in [-0.3, -0.25) is 29.3 Å². The highest BCUT2D eigenvalue weighted by atomic mass is 32.2. The van der Waals surface area contributed by atoms with Crippen LogP contribution in [0, 0.1) is 17.0 Å². The predicted molar refractivity (Wildman–Crippen MR) is 168 cm³/mol. The number of imide groups is 1. The Bertz CT molecular complexity index is 1790. The molecule has 0 radical (unpaired) electrons. The highest BCUT2D eigenvalue weighted by Crippen LogP contribution is 2.35. The fourth-order valence-electron chi connectivity index (χ4n) is 4.57. The molecule has 1 atom stereocenters. The molecule has 0 bridgehead atoms. The van der Waals surface area contributed by atoms with E-state index in [0.29, 0.717) is 16.1 Å². The summed E-state index contributed by atoms with van der Waals surface area (Å²) in [5.41, 5.74) is 2.70. The van der Waals surface area contributed by atoms with Crippen LogP contribution in [0.1, 0.15) is 27.9 Å². The molecule has 1 aliphatic rings. The van der Waals surface area contributed by atoms with Crippen molar-refractivity contribution in [2.45, 2.75) is 23.5 Å². The summed E-state index contributed by atoms with van der Waals surface area (Å²) >= 11 is 1.18. The molecular weight excluding hydrogens is 580 g/mol. The highest BCUT2D eigenvalue weighted by Gasteiger charge is 2.40. The number of anilines is 2. The minimum absolute atomic E-state index is 0.0396. The molecule has 1 heterocycles.